The van der Waals surface area contributed by atoms with Crippen molar-refractivity contribution < 1.29 is 18.4 Å². The molecule has 0 aromatic heterocycles. The molecule has 0 aliphatic rings. The van der Waals surface area contributed by atoms with Gasteiger partial charge >= 0.3 is 0 Å². The van der Waals surface area contributed by atoms with Crippen molar-refractivity contribution >= 4 is 23.2 Å². The molecule has 0 saturated heterocycles. The molecule has 0 bridgehead atoms. The van der Waals surface area contributed by atoms with Crippen LogP contribution >= 0.6 is 11.6 Å². The zero-order valence-corrected chi connectivity index (χ0v) is 11.0. The fourth-order valence-electron chi connectivity index (χ4n) is 1.74. The van der Waals surface area contributed by atoms with Crippen molar-refractivity contribution in [2.24, 2.45) is 0 Å². The number of hydrogen-bond donors (Lipinski definition) is 0. The molecule has 0 heterocycles. The summed E-state index contributed by atoms with van der Waals surface area (Å²) in [6, 6.07) is 8.87. The summed E-state index contributed by atoms with van der Waals surface area (Å²) in [5.41, 5.74) is -0.114. The smallest absolute Gasteiger partial charge is 0.173 e. The molecule has 2 aromatic rings. The molecule has 0 N–H and O–H groups in total. The Morgan fingerprint density at radius 1 is 0.950 bits per heavy atom. The third kappa shape index (κ3) is 3.08. The SMILES string of the molecule is O=C(CC(=O)c1ccccc1Cl)c1ccc(F)cc1F. The van der Waals surface area contributed by atoms with Crippen LogP contribution in [0.1, 0.15) is 27.1 Å². The number of carbonyl (C=O) groups is 2. The minimum Gasteiger partial charge on any atom is -0.294 e. The van der Waals surface area contributed by atoms with Gasteiger partial charge in [-0.3, -0.25) is 9.59 Å². The maximum absolute atomic E-state index is 13.4. The lowest BCUT2D eigenvalue weighted by atomic mass is 10.0. The number of ketones is 2. The Morgan fingerprint density at radius 2 is 1.60 bits per heavy atom. The van der Waals surface area contributed by atoms with Gasteiger partial charge in [-0.25, -0.2) is 8.78 Å². The van der Waals surface area contributed by atoms with Gasteiger partial charge in [-0.15, -0.1) is 0 Å². The predicted octanol–water partition coefficient (Wildman–Crippen LogP) is 4.07. The van der Waals surface area contributed by atoms with Gasteiger partial charge in [0.05, 0.1) is 17.0 Å². The van der Waals surface area contributed by atoms with E-state index in [-0.39, 0.29) is 16.1 Å². The standard InChI is InChI=1S/C15H9ClF2O2/c16-12-4-2-1-3-10(12)14(19)8-15(20)11-6-5-9(17)7-13(11)18/h1-7H,8H2. The first-order valence-corrected chi connectivity index (χ1v) is 6.13. The van der Waals surface area contributed by atoms with E-state index in [9.17, 15) is 18.4 Å². The lowest BCUT2D eigenvalue weighted by Gasteiger charge is -2.04. The minimum atomic E-state index is -0.984. The molecule has 0 aliphatic carbocycles. The maximum atomic E-state index is 13.4. The van der Waals surface area contributed by atoms with E-state index in [0.717, 1.165) is 12.1 Å². The van der Waals surface area contributed by atoms with Crippen LogP contribution < -0.4 is 0 Å². The second-order valence-corrected chi connectivity index (χ2v) is 4.53. The average Bonchev–Trinajstić information content (AvgIpc) is 2.38. The molecule has 0 atom stereocenters. The average molecular weight is 295 g/mol. The quantitative estimate of drug-likeness (QED) is 0.629. The molecule has 2 nitrogen and oxygen atoms in total. The van der Waals surface area contributed by atoms with Crippen molar-refractivity contribution in [3.63, 3.8) is 0 Å². The highest BCUT2D eigenvalue weighted by Crippen LogP contribution is 2.19. The van der Waals surface area contributed by atoms with Crippen molar-refractivity contribution in [3.05, 3.63) is 70.2 Å². The number of carbonyl (C=O) groups excluding carboxylic acids is 2. The number of hydrogen-bond acceptors (Lipinski definition) is 2. The van der Waals surface area contributed by atoms with E-state index >= 15 is 0 Å². The molecule has 2 aromatic carbocycles. The predicted molar refractivity (Wildman–Crippen MR) is 71.1 cm³/mol. The van der Waals surface area contributed by atoms with Gasteiger partial charge in [-0.1, -0.05) is 23.7 Å². The van der Waals surface area contributed by atoms with Gasteiger partial charge in [0.1, 0.15) is 11.6 Å². The summed E-state index contributed by atoms with van der Waals surface area (Å²) in [6.07, 6.45) is -0.522. The molecule has 0 spiro atoms. The molecule has 0 unspecified atom stereocenters. The highest BCUT2D eigenvalue weighted by atomic mass is 35.5. The second kappa shape index (κ2) is 5.92. The Labute approximate surface area is 119 Å². The molecule has 102 valence electrons. The highest BCUT2D eigenvalue weighted by Gasteiger charge is 2.18. The first-order chi connectivity index (χ1) is 9.49. The highest BCUT2D eigenvalue weighted by molar-refractivity contribution is 6.34. The third-order valence-corrected chi connectivity index (χ3v) is 3.06. The van der Waals surface area contributed by atoms with Crippen LogP contribution in [0.2, 0.25) is 5.02 Å². The Bertz CT molecular complexity index is 683. The van der Waals surface area contributed by atoms with E-state index in [1.807, 2.05) is 0 Å². The molecule has 0 amide bonds. The topological polar surface area (TPSA) is 34.1 Å². The number of halogens is 3. The van der Waals surface area contributed by atoms with E-state index in [1.165, 1.54) is 12.1 Å². The summed E-state index contributed by atoms with van der Waals surface area (Å²) < 4.78 is 26.2. The van der Waals surface area contributed by atoms with Crippen LogP contribution in [-0.4, -0.2) is 11.6 Å². The minimum absolute atomic E-state index is 0.199. The first-order valence-electron chi connectivity index (χ1n) is 5.75. The Kier molecular flexibility index (Phi) is 4.25. The van der Waals surface area contributed by atoms with Gasteiger partial charge in [0.25, 0.3) is 0 Å². The van der Waals surface area contributed by atoms with Crippen LogP contribution in [0.15, 0.2) is 42.5 Å². The van der Waals surface area contributed by atoms with Crippen molar-refractivity contribution in [1.29, 1.82) is 0 Å². The van der Waals surface area contributed by atoms with E-state index in [2.05, 4.69) is 0 Å². The van der Waals surface area contributed by atoms with Crippen LogP contribution in [0.4, 0.5) is 8.78 Å². The lowest BCUT2D eigenvalue weighted by Crippen LogP contribution is -2.10. The van der Waals surface area contributed by atoms with Gasteiger partial charge < -0.3 is 0 Å². The molecule has 0 radical (unpaired) electrons. The van der Waals surface area contributed by atoms with Gasteiger partial charge in [0.15, 0.2) is 11.6 Å². The van der Waals surface area contributed by atoms with Crippen molar-refractivity contribution in [1.82, 2.24) is 0 Å². The molecule has 20 heavy (non-hydrogen) atoms. The summed E-state index contributed by atoms with van der Waals surface area (Å²) in [7, 11) is 0. The van der Waals surface area contributed by atoms with Crippen LogP contribution in [0.5, 0.6) is 0 Å². The molecular weight excluding hydrogens is 286 g/mol. The summed E-state index contributed by atoms with van der Waals surface area (Å²) in [6.45, 7) is 0. The summed E-state index contributed by atoms with van der Waals surface area (Å²) in [5.74, 6) is -2.99. The van der Waals surface area contributed by atoms with E-state index in [4.69, 9.17) is 11.6 Å². The second-order valence-electron chi connectivity index (χ2n) is 4.13. The molecule has 0 saturated carbocycles. The van der Waals surface area contributed by atoms with Crippen molar-refractivity contribution in [2.75, 3.05) is 0 Å². The largest absolute Gasteiger partial charge is 0.294 e. The number of benzene rings is 2. The van der Waals surface area contributed by atoms with Gasteiger partial charge in [0.2, 0.25) is 0 Å². The first kappa shape index (κ1) is 14.3. The maximum Gasteiger partial charge on any atom is 0.173 e. The van der Waals surface area contributed by atoms with Crippen LogP contribution in [-0.2, 0) is 0 Å². The molecular formula is C15H9ClF2O2. The fraction of sp³-hybridized carbons (Fsp3) is 0.0667. The molecule has 0 fully saturated rings. The van der Waals surface area contributed by atoms with E-state index in [1.54, 1.807) is 12.1 Å². The van der Waals surface area contributed by atoms with Gasteiger partial charge in [-0.2, -0.15) is 0 Å². The third-order valence-electron chi connectivity index (χ3n) is 2.73. The molecule has 2 rings (SSSR count). The number of rotatable bonds is 4. The van der Waals surface area contributed by atoms with Gasteiger partial charge in [-0.05, 0) is 24.3 Å². The normalized spacial score (nSPS) is 10.3. The van der Waals surface area contributed by atoms with E-state index in [0.29, 0.717) is 6.07 Å². The Hall–Kier alpha value is -2.07. The van der Waals surface area contributed by atoms with Gasteiger partial charge in [0, 0.05) is 11.6 Å². The molecule has 0 aliphatic heterocycles. The van der Waals surface area contributed by atoms with Crippen LogP contribution in [0.25, 0.3) is 0 Å². The monoisotopic (exact) mass is 294 g/mol. The fourth-order valence-corrected chi connectivity index (χ4v) is 1.98. The summed E-state index contributed by atoms with van der Waals surface area (Å²) >= 11 is 5.84. The number of Topliss-reactive ketones (excluding diaryl/α,β-unsaturated/α-hetero) is 2. The zero-order valence-electron chi connectivity index (χ0n) is 10.2. The zero-order chi connectivity index (χ0) is 14.7. The van der Waals surface area contributed by atoms with Crippen LogP contribution in [0.3, 0.4) is 0 Å². The lowest BCUT2D eigenvalue weighted by molar-refractivity contribution is 0.0892. The van der Waals surface area contributed by atoms with E-state index < -0.39 is 29.6 Å². The Balaban J connectivity index is 2.20. The summed E-state index contributed by atoms with van der Waals surface area (Å²) in [4.78, 5) is 23.8. The van der Waals surface area contributed by atoms with Crippen LogP contribution in [0, 0.1) is 11.6 Å². The molecule has 5 heteroatoms. The Morgan fingerprint density at radius 3 is 2.25 bits per heavy atom. The van der Waals surface area contributed by atoms with Crippen molar-refractivity contribution in [3.8, 4) is 0 Å². The van der Waals surface area contributed by atoms with Crippen molar-refractivity contribution in [2.45, 2.75) is 6.42 Å². The summed E-state index contributed by atoms with van der Waals surface area (Å²) in [5, 5.41) is 0.227.